The van der Waals surface area contributed by atoms with E-state index < -0.39 is 0 Å². The number of hydrogen-bond donors (Lipinski definition) is 2. The molecule has 0 spiro atoms. The third-order valence-electron chi connectivity index (χ3n) is 2.39. The van der Waals surface area contributed by atoms with Gasteiger partial charge in [-0.15, -0.1) is 0 Å². The van der Waals surface area contributed by atoms with E-state index in [1.165, 1.54) is 20.0 Å². The van der Waals surface area contributed by atoms with Crippen molar-refractivity contribution in [3.8, 4) is 0 Å². The highest BCUT2D eigenvalue weighted by Gasteiger charge is 2.22. The Kier molecular flexibility index (Phi) is 5.08. The summed E-state index contributed by atoms with van der Waals surface area (Å²) < 4.78 is 4.65. The highest BCUT2D eigenvalue weighted by atomic mass is 16.5. The highest BCUT2D eigenvalue weighted by molar-refractivity contribution is 5.81. The van der Waals surface area contributed by atoms with Gasteiger partial charge in [0.15, 0.2) is 5.96 Å². The number of esters is 1. The molecule has 0 aromatic rings. The summed E-state index contributed by atoms with van der Waals surface area (Å²) in [6.45, 7) is 5.11. The molecule has 1 unspecified atom stereocenters. The Labute approximate surface area is 96.7 Å². The predicted molar refractivity (Wildman–Crippen MR) is 63.3 cm³/mol. The molecule has 1 aliphatic rings. The van der Waals surface area contributed by atoms with E-state index in [-0.39, 0.29) is 11.9 Å². The summed E-state index contributed by atoms with van der Waals surface area (Å²) in [5, 5.41) is 6.44. The summed E-state index contributed by atoms with van der Waals surface area (Å²) in [5.74, 6) is 0.381. The van der Waals surface area contributed by atoms with E-state index in [1.54, 1.807) is 0 Å². The Balaban J connectivity index is 2.39. The van der Waals surface area contributed by atoms with Crippen LogP contribution in [0.5, 0.6) is 0 Å². The van der Waals surface area contributed by atoms with Gasteiger partial charge in [0.1, 0.15) is 0 Å². The molecule has 0 heterocycles. The van der Waals surface area contributed by atoms with Crippen LogP contribution < -0.4 is 10.6 Å². The normalized spacial score (nSPS) is 17.8. The first-order chi connectivity index (χ1) is 7.67. The zero-order chi connectivity index (χ0) is 12.0. The molecule has 0 aliphatic heterocycles. The first kappa shape index (κ1) is 12.8. The number of carbonyl (C=O) groups is 1. The molecule has 92 valence electrons. The molecule has 2 N–H and O–H groups in total. The number of methoxy groups -OCH3 is 1. The van der Waals surface area contributed by atoms with Gasteiger partial charge in [0.2, 0.25) is 0 Å². The zero-order valence-corrected chi connectivity index (χ0v) is 10.2. The standard InChI is InChI=1S/C11H21N3O2/c1-4-12-11(14-9-5-6-9)13-7-8(2)10(15)16-3/h8-9H,4-7H2,1-3H3,(H2,12,13,14). The van der Waals surface area contributed by atoms with Gasteiger partial charge in [-0.1, -0.05) is 6.92 Å². The third kappa shape index (κ3) is 4.51. The van der Waals surface area contributed by atoms with Crippen molar-refractivity contribution in [2.75, 3.05) is 20.2 Å². The van der Waals surface area contributed by atoms with Gasteiger partial charge in [0, 0.05) is 12.6 Å². The molecule has 1 saturated carbocycles. The summed E-state index contributed by atoms with van der Waals surface area (Å²) in [5.41, 5.74) is 0. The van der Waals surface area contributed by atoms with Gasteiger partial charge in [-0.05, 0) is 19.8 Å². The number of hydrogen-bond acceptors (Lipinski definition) is 3. The van der Waals surface area contributed by atoms with Gasteiger partial charge in [-0.2, -0.15) is 0 Å². The average Bonchev–Trinajstić information content (AvgIpc) is 3.08. The molecule has 5 heteroatoms. The van der Waals surface area contributed by atoms with Crippen LogP contribution in [0, 0.1) is 5.92 Å². The summed E-state index contributed by atoms with van der Waals surface area (Å²) in [4.78, 5) is 15.5. The van der Waals surface area contributed by atoms with E-state index in [9.17, 15) is 4.79 Å². The molecule has 0 aromatic heterocycles. The van der Waals surface area contributed by atoms with Crippen LogP contribution in [0.25, 0.3) is 0 Å². The first-order valence-electron chi connectivity index (χ1n) is 5.80. The summed E-state index contributed by atoms with van der Waals surface area (Å²) >= 11 is 0. The number of carbonyl (C=O) groups excluding carboxylic acids is 1. The molecule has 1 aliphatic carbocycles. The van der Waals surface area contributed by atoms with Crippen molar-refractivity contribution in [1.29, 1.82) is 0 Å². The maximum atomic E-state index is 11.2. The molecule has 1 rings (SSSR count). The number of ether oxygens (including phenoxy) is 1. The van der Waals surface area contributed by atoms with Crippen LogP contribution in [-0.2, 0) is 9.53 Å². The Hall–Kier alpha value is -1.26. The first-order valence-corrected chi connectivity index (χ1v) is 5.80. The maximum absolute atomic E-state index is 11.2. The molecular formula is C11H21N3O2. The van der Waals surface area contributed by atoms with Crippen LogP contribution in [0.4, 0.5) is 0 Å². The van der Waals surface area contributed by atoms with E-state index in [2.05, 4.69) is 20.4 Å². The van der Waals surface area contributed by atoms with Gasteiger partial charge < -0.3 is 15.4 Å². The molecule has 16 heavy (non-hydrogen) atoms. The Morgan fingerprint density at radius 1 is 1.56 bits per heavy atom. The van der Waals surface area contributed by atoms with E-state index in [0.29, 0.717) is 12.6 Å². The topological polar surface area (TPSA) is 62.7 Å². The molecular weight excluding hydrogens is 206 g/mol. The third-order valence-corrected chi connectivity index (χ3v) is 2.39. The molecule has 1 atom stereocenters. The average molecular weight is 227 g/mol. The Morgan fingerprint density at radius 3 is 2.75 bits per heavy atom. The van der Waals surface area contributed by atoms with Crippen molar-refractivity contribution in [2.45, 2.75) is 32.7 Å². The smallest absolute Gasteiger partial charge is 0.310 e. The summed E-state index contributed by atoms with van der Waals surface area (Å²) in [6, 6.07) is 0.561. The van der Waals surface area contributed by atoms with Gasteiger partial charge in [-0.3, -0.25) is 9.79 Å². The van der Waals surface area contributed by atoms with E-state index >= 15 is 0 Å². The number of guanidine groups is 1. The largest absolute Gasteiger partial charge is 0.469 e. The van der Waals surface area contributed by atoms with Crippen molar-refractivity contribution in [2.24, 2.45) is 10.9 Å². The quantitative estimate of drug-likeness (QED) is 0.408. The lowest BCUT2D eigenvalue weighted by Gasteiger charge is -2.11. The minimum atomic E-state index is -0.217. The number of nitrogens with one attached hydrogen (secondary N) is 2. The van der Waals surface area contributed by atoms with E-state index in [0.717, 1.165) is 12.5 Å². The zero-order valence-electron chi connectivity index (χ0n) is 10.2. The molecule has 0 radical (unpaired) electrons. The minimum absolute atomic E-state index is 0.195. The van der Waals surface area contributed by atoms with Crippen molar-refractivity contribution in [1.82, 2.24) is 10.6 Å². The molecule has 5 nitrogen and oxygen atoms in total. The van der Waals surface area contributed by atoms with Crippen LogP contribution in [0.15, 0.2) is 4.99 Å². The fraction of sp³-hybridized carbons (Fsp3) is 0.818. The van der Waals surface area contributed by atoms with Crippen molar-refractivity contribution in [3.05, 3.63) is 0 Å². The number of rotatable bonds is 5. The molecule has 0 amide bonds. The second kappa shape index (κ2) is 6.35. The minimum Gasteiger partial charge on any atom is -0.469 e. The number of nitrogens with zero attached hydrogens (tertiary/aromatic N) is 1. The SMILES string of the molecule is CCNC(=NCC(C)C(=O)OC)NC1CC1. The second-order valence-corrected chi connectivity index (χ2v) is 4.06. The summed E-state index contributed by atoms with van der Waals surface area (Å²) in [7, 11) is 1.40. The van der Waals surface area contributed by atoms with Gasteiger partial charge >= 0.3 is 5.97 Å². The van der Waals surface area contributed by atoms with Crippen LogP contribution in [-0.4, -0.2) is 38.2 Å². The van der Waals surface area contributed by atoms with Gasteiger partial charge in [0.05, 0.1) is 19.6 Å². The fourth-order valence-electron chi connectivity index (χ4n) is 1.24. The van der Waals surface area contributed by atoms with Crippen molar-refractivity contribution >= 4 is 11.9 Å². The Bertz CT molecular complexity index is 262. The number of aliphatic imine (C=N–C) groups is 1. The van der Waals surface area contributed by atoms with Crippen LogP contribution >= 0.6 is 0 Å². The molecule has 0 aromatic carbocycles. The lowest BCUT2D eigenvalue weighted by atomic mass is 10.2. The van der Waals surface area contributed by atoms with Crippen LogP contribution in [0.1, 0.15) is 26.7 Å². The van der Waals surface area contributed by atoms with E-state index in [4.69, 9.17) is 0 Å². The second-order valence-electron chi connectivity index (χ2n) is 4.06. The lowest BCUT2D eigenvalue weighted by Crippen LogP contribution is -2.39. The maximum Gasteiger partial charge on any atom is 0.310 e. The summed E-state index contributed by atoms with van der Waals surface area (Å²) in [6.07, 6.45) is 2.41. The molecule has 0 bridgehead atoms. The lowest BCUT2D eigenvalue weighted by molar-refractivity contribution is -0.144. The molecule has 0 saturated heterocycles. The van der Waals surface area contributed by atoms with Crippen molar-refractivity contribution < 1.29 is 9.53 Å². The van der Waals surface area contributed by atoms with Gasteiger partial charge in [0.25, 0.3) is 0 Å². The van der Waals surface area contributed by atoms with E-state index in [1.807, 2.05) is 13.8 Å². The molecule has 1 fully saturated rings. The highest BCUT2D eigenvalue weighted by Crippen LogP contribution is 2.18. The van der Waals surface area contributed by atoms with Gasteiger partial charge in [-0.25, -0.2) is 0 Å². The fourth-order valence-corrected chi connectivity index (χ4v) is 1.24. The predicted octanol–water partition coefficient (Wildman–Crippen LogP) is 0.513. The van der Waals surface area contributed by atoms with Crippen molar-refractivity contribution in [3.63, 3.8) is 0 Å². The Morgan fingerprint density at radius 2 is 2.25 bits per heavy atom. The monoisotopic (exact) mass is 227 g/mol. The van der Waals surface area contributed by atoms with Crippen LogP contribution in [0.3, 0.4) is 0 Å². The van der Waals surface area contributed by atoms with Crippen LogP contribution in [0.2, 0.25) is 0 Å².